The molecule has 0 aliphatic rings. The van der Waals surface area contributed by atoms with Gasteiger partial charge in [-0.2, -0.15) is 0 Å². The van der Waals surface area contributed by atoms with Crippen LogP contribution in [0.5, 0.6) is 5.75 Å². The van der Waals surface area contributed by atoms with Gasteiger partial charge in [-0.15, -0.1) is 0 Å². The summed E-state index contributed by atoms with van der Waals surface area (Å²) in [6, 6.07) is 7.55. The zero-order chi connectivity index (χ0) is 14.7. The van der Waals surface area contributed by atoms with Crippen molar-refractivity contribution in [1.29, 1.82) is 0 Å². The molecular formula is C15H18N2O3. The van der Waals surface area contributed by atoms with Crippen LogP contribution in [0.25, 0.3) is 0 Å². The molecule has 0 saturated heterocycles. The van der Waals surface area contributed by atoms with E-state index in [2.05, 4.69) is 0 Å². The largest absolute Gasteiger partial charge is 0.488 e. The van der Waals surface area contributed by atoms with Crippen LogP contribution in [0.3, 0.4) is 0 Å². The summed E-state index contributed by atoms with van der Waals surface area (Å²) >= 11 is 0. The van der Waals surface area contributed by atoms with Gasteiger partial charge in [0.25, 0.3) is 0 Å². The van der Waals surface area contributed by atoms with Gasteiger partial charge < -0.3 is 9.15 Å². The number of carbonyl (C=O) groups is 1. The fourth-order valence-electron chi connectivity index (χ4n) is 1.88. The first kappa shape index (κ1) is 14.1. The Kier molecular flexibility index (Phi) is 4.10. The average Bonchev–Trinajstić information content (AvgIpc) is 2.81. The Bertz CT molecular complexity index is 632. The molecule has 2 aromatic rings. The predicted octanol–water partition coefficient (Wildman–Crippen LogP) is 2.39. The number of hydrogen-bond donors (Lipinski definition) is 2. The maximum Gasteiger partial charge on any atom is 0.300 e. The predicted molar refractivity (Wildman–Crippen MR) is 75.3 cm³/mol. The molecular weight excluding hydrogens is 256 g/mol. The Labute approximate surface area is 117 Å². The third-order valence-corrected chi connectivity index (χ3v) is 3.31. The number of furan rings is 1. The number of ether oxygens (including phenoxy) is 1. The first-order valence-electron chi connectivity index (χ1n) is 6.32. The fraction of sp³-hybridized carbons (Fsp3) is 0.267. The fourth-order valence-corrected chi connectivity index (χ4v) is 1.88. The molecule has 0 aliphatic heterocycles. The number of nitrogen functional groups attached to an aromatic ring is 1. The van der Waals surface area contributed by atoms with E-state index >= 15 is 0 Å². The topological polar surface area (TPSA) is 77.5 Å². The van der Waals surface area contributed by atoms with Gasteiger partial charge in [-0.05, 0) is 44.0 Å². The van der Waals surface area contributed by atoms with E-state index in [1.165, 1.54) is 5.56 Å². The number of nitrogens with two attached hydrogens (primary N) is 1. The van der Waals surface area contributed by atoms with E-state index < -0.39 is 5.91 Å². The minimum absolute atomic E-state index is 0.185. The number of nitrogens with one attached hydrogen (secondary N) is 1. The van der Waals surface area contributed by atoms with Crippen LogP contribution in [0.1, 0.15) is 33.0 Å². The molecule has 0 spiro atoms. The summed E-state index contributed by atoms with van der Waals surface area (Å²) in [5.41, 5.74) is 5.14. The number of aryl methyl sites for hydroxylation is 2. The van der Waals surface area contributed by atoms with E-state index in [9.17, 15) is 4.79 Å². The summed E-state index contributed by atoms with van der Waals surface area (Å²) in [5.74, 6) is 6.28. The van der Waals surface area contributed by atoms with E-state index in [1.54, 1.807) is 13.0 Å². The molecule has 3 N–H and O–H groups in total. The highest BCUT2D eigenvalue weighted by Gasteiger charge is 2.14. The molecule has 0 unspecified atom stereocenters. The second kappa shape index (κ2) is 5.79. The molecule has 0 aliphatic carbocycles. The molecule has 20 heavy (non-hydrogen) atoms. The summed E-state index contributed by atoms with van der Waals surface area (Å²) in [4.78, 5) is 11.4. The van der Waals surface area contributed by atoms with Crippen LogP contribution in [-0.4, -0.2) is 5.91 Å². The lowest BCUT2D eigenvalue weighted by atomic mass is 10.1. The van der Waals surface area contributed by atoms with Crippen LogP contribution in [0.4, 0.5) is 0 Å². The van der Waals surface area contributed by atoms with Gasteiger partial charge >= 0.3 is 5.91 Å². The molecule has 0 saturated carbocycles. The molecule has 1 aromatic heterocycles. The van der Waals surface area contributed by atoms with Crippen molar-refractivity contribution in [3.8, 4) is 5.75 Å². The van der Waals surface area contributed by atoms with Crippen molar-refractivity contribution in [2.24, 2.45) is 5.84 Å². The number of carbonyl (C=O) groups excluding carboxylic acids is 1. The van der Waals surface area contributed by atoms with E-state index in [4.69, 9.17) is 15.0 Å². The SMILES string of the molecule is Cc1cccc(OCc2cc(C(=O)NN)oc2C)c1C. The Morgan fingerprint density at radius 3 is 2.80 bits per heavy atom. The van der Waals surface area contributed by atoms with Gasteiger partial charge in [0.05, 0.1) is 0 Å². The monoisotopic (exact) mass is 274 g/mol. The Balaban J connectivity index is 2.13. The minimum atomic E-state index is -0.453. The van der Waals surface area contributed by atoms with Gasteiger partial charge in [-0.3, -0.25) is 10.2 Å². The maximum atomic E-state index is 11.4. The number of amides is 1. The minimum Gasteiger partial charge on any atom is -0.488 e. The van der Waals surface area contributed by atoms with Crippen molar-refractivity contribution in [2.75, 3.05) is 0 Å². The summed E-state index contributed by atoms with van der Waals surface area (Å²) in [6.07, 6.45) is 0. The first-order valence-corrected chi connectivity index (χ1v) is 6.32. The lowest BCUT2D eigenvalue weighted by Crippen LogP contribution is -2.29. The van der Waals surface area contributed by atoms with E-state index in [0.717, 1.165) is 16.9 Å². The lowest BCUT2D eigenvalue weighted by Gasteiger charge is -2.10. The normalized spacial score (nSPS) is 10.4. The molecule has 0 fully saturated rings. The summed E-state index contributed by atoms with van der Waals surface area (Å²) in [5, 5.41) is 0. The van der Waals surface area contributed by atoms with Crippen LogP contribution in [0, 0.1) is 20.8 Å². The van der Waals surface area contributed by atoms with Gasteiger partial charge in [-0.25, -0.2) is 5.84 Å². The molecule has 1 amide bonds. The molecule has 1 heterocycles. The van der Waals surface area contributed by atoms with Crippen molar-refractivity contribution in [1.82, 2.24) is 5.43 Å². The highest BCUT2D eigenvalue weighted by molar-refractivity contribution is 5.91. The molecule has 5 heteroatoms. The first-order chi connectivity index (χ1) is 9.52. The quantitative estimate of drug-likeness (QED) is 0.510. The van der Waals surface area contributed by atoms with Gasteiger partial charge in [-0.1, -0.05) is 12.1 Å². The molecule has 2 rings (SSSR count). The number of rotatable bonds is 4. The Morgan fingerprint density at radius 1 is 1.35 bits per heavy atom. The highest BCUT2D eigenvalue weighted by atomic mass is 16.5. The second-order valence-corrected chi connectivity index (χ2v) is 4.65. The zero-order valence-electron chi connectivity index (χ0n) is 11.8. The van der Waals surface area contributed by atoms with Crippen molar-refractivity contribution in [3.05, 3.63) is 52.5 Å². The van der Waals surface area contributed by atoms with Gasteiger partial charge in [0.1, 0.15) is 18.1 Å². The van der Waals surface area contributed by atoms with Gasteiger partial charge in [0.15, 0.2) is 5.76 Å². The summed E-state index contributed by atoms with van der Waals surface area (Å²) in [7, 11) is 0. The number of benzene rings is 1. The maximum absolute atomic E-state index is 11.4. The van der Waals surface area contributed by atoms with Crippen LogP contribution >= 0.6 is 0 Å². The van der Waals surface area contributed by atoms with Crippen LogP contribution in [0.15, 0.2) is 28.7 Å². The summed E-state index contributed by atoms with van der Waals surface area (Å²) < 4.78 is 11.1. The summed E-state index contributed by atoms with van der Waals surface area (Å²) in [6.45, 7) is 6.18. The van der Waals surface area contributed by atoms with E-state index in [1.807, 2.05) is 37.5 Å². The lowest BCUT2D eigenvalue weighted by molar-refractivity contribution is 0.0924. The van der Waals surface area contributed by atoms with Crippen LogP contribution in [0.2, 0.25) is 0 Å². The van der Waals surface area contributed by atoms with Crippen molar-refractivity contribution in [2.45, 2.75) is 27.4 Å². The average molecular weight is 274 g/mol. The molecule has 106 valence electrons. The van der Waals surface area contributed by atoms with E-state index in [0.29, 0.717) is 12.4 Å². The molecule has 0 atom stereocenters. The van der Waals surface area contributed by atoms with Crippen molar-refractivity contribution >= 4 is 5.91 Å². The molecule has 5 nitrogen and oxygen atoms in total. The van der Waals surface area contributed by atoms with Crippen molar-refractivity contribution in [3.63, 3.8) is 0 Å². The standard InChI is InChI=1S/C15H18N2O3/c1-9-5-4-6-13(10(9)2)19-8-12-7-14(15(18)17-16)20-11(12)3/h4-7H,8,16H2,1-3H3,(H,17,18). The third-order valence-electron chi connectivity index (χ3n) is 3.31. The van der Waals surface area contributed by atoms with Crippen LogP contribution in [-0.2, 0) is 6.61 Å². The molecule has 1 aromatic carbocycles. The zero-order valence-corrected chi connectivity index (χ0v) is 11.8. The smallest absolute Gasteiger partial charge is 0.300 e. The van der Waals surface area contributed by atoms with Crippen molar-refractivity contribution < 1.29 is 13.9 Å². The number of hydrogen-bond acceptors (Lipinski definition) is 4. The third kappa shape index (κ3) is 2.83. The highest BCUT2D eigenvalue weighted by Crippen LogP contribution is 2.23. The molecule has 0 radical (unpaired) electrons. The van der Waals surface area contributed by atoms with Crippen LogP contribution < -0.4 is 16.0 Å². The Hall–Kier alpha value is -2.27. The van der Waals surface area contributed by atoms with Gasteiger partial charge in [0, 0.05) is 5.56 Å². The Morgan fingerprint density at radius 2 is 2.10 bits per heavy atom. The number of hydrazine groups is 1. The van der Waals surface area contributed by atoms with E-state index in [-0.39, 0.29) is 5.76 Å². The van der Waals surface area contributed by atoms with Gasteiger partial charge in [0.2, 0.25) is 0 Å². The second-order valence-electron chi connectivity index (χ2n) is 4.65. The molecule has 0 bridgehead atoms.